The smallest absolute Gasteiger partial charge is 0.232 e. The van der Waals surface area contributed by atoms with Gasteiger partial charge in [-0.25, -0.2) is 14.4 Å². The Morgan fingerprint density at radius 2 is 1.93 bits per heavy atom. The predicted octanol–water partition coefficient (Wildman–Crippen LogP) is 5.01. The molecule has 224 valence electrons. The van der Waals surface area contributed by atoms with Crippen molar-refractivity contribution in [3.8, 4) is 22.8 Å². The second-order valence-electron chi connectivity index (χ2n) is 11.2. The number of oxazole rings is 1. The number of ether oxygens (including phenoxy) is 2. The molecule has 1 aliphatic heterocycles. The fourth-order valence-electron chi connectivity index (χ4n) is 5.19. The summed E-state index contributed by atoms with van der Waals surface area (Å²) in [4.78, 5) is 39.1. The van der Waals surface area contributed by atoms with Crippen molar-refractivity contribution in [1.29, 1.82) is 0 Å². The van der Waals surface area contributed by atoms with Gasteiger partial charge in [-0.3, -0.25) is 14.6 Å². The Balaban J connectivity index is 1.30. The van der Waals surface area contributed by atoms with Crippen LogP contribution in [0.4, 0.5) is 4.39 Å². The number of pyridine rings is 2. The number of amides is 1. The largest absolute Gasteiger partial charge is 0.489 e. The number of nitrogens with zero attached hydrogens (tertiary/aromatic N) is 3. The number of halogens is 1. The van der Waals surface area contributed by atoms with Crippen molar-refractivity contribution in [2.45, 2.75) is 44.3 Å². The van der Waals surface area contributed by atoms with E-state index in [1.165, 1.54) is 24.6 Å². The van der Waals surface area contributed by atoms with Crippen LogP contribution in [-0.4, -0.2) is 38.4 Å². The third kappa shape index (κ3) is 5.37. The maximum absolute atomic E-state index is 13.7. The summed E-state index contributed by atoms with van der Waals surface area (Å²) in [7, 11) is 0. The molecule has 3 aromatic heterocycles. The standard InChI is InChI=1S/C33H29FN4O6/c1-32(31(35)40)18-44-30-23(32)16-26(38-29(30)19-5-7-22(34)8-6-19)33(2,41)10-9-24(39)21-14-20-4-3-11-37-28(20)25(15-21)43-17-27-36-12-13-42-27/h3-8,11-16,41H,9-10,17-18H2,1-2H3,(H2,35,40)/t32-,33-/m0/s1. The molecular weight excluding hydrogens is 567 g/mol. The zero-order valence-corrected chi connectivity index (χ0v) is 24.0. The SMILES string of the molecule is C[C@](O)(CCC(=O)c1cc(OCc2ncco2)c2ncccc2c1)c1cc2c(c(-c3ccc(F)cc3)n1)OC[C@]2(C)C(N)=O. The summed E-state index contributed by atoms with van der Waals surface area (Å²) >= 11 is 0. The molecule has 0 radical (unpaired) electrons. The second-order valence-corrected chi connectivity index (χ2v) is 11.2. The number of Topliss-reactive ketones (excluding diaryl/α,β-unsaturated/α-hetero) is 1. The fourth-order valence-corrected chi connectivity index (χ4v) is 5.19. The molecule has 44 heavy (non-hydrogen) atoms. The van der Waals surface area contributed by atoms with Crippen LogP contribution in [-0.2, 0) is 22.4 Å². The predicted molar refractivity (Wildman–Crippen MR) is 157 cm³/mol. The first-order chi connectivity index (χ1) is 21.0. The summed E-state index contributed by atoms with van der Waals surface area (Å²) < 4.78 is 30.8. The molecule has 1 amide bonds. The maximum atomic E-state index is 13.7. The van der Waals surface area contributed by atoms with E-state index < -0.39 is 22.7 Å². The van der Waals surface area contributed by atoms with Crippen LogP contribution in [0.1, 0.15) is 54.2 Å². The first-order valence-corrected chi connectivity index (χ1v) is 14.0. The lowest BCUT2D eigenvalue weighted by Gasteiger charge is -2.26. The molecule has 4 heterocycles. The molecule has 0 aliphatic carbocycles. The summed E-state index contributed by atoms with van der Waals surface area (Å²) in [6, 6.07) is 14.2. The van der Waals surface area contributed by atoms with Crippen molar-refractivity contribution in [3.05, 3.63) is 102 Å². The normalized spacial score (nSPS) is 17.1. The molecule has 0 unspecified atom stereocenters. The van der Waals surface area contributed by atoms with Crippen LogP contribution >= 0.6 is 0 Å². The minimum absolute atomic E-state index is 0.00513. The van der Waals surface area contributed by atoms with Gasteiger partial charge < -0.3 is 24.7 Å². The van der Waals surface area contributed by atoms with Crippen LogP contribution in [0.15, 0.2) is 77.7 Å². The summed E-state index contributed by atoms with van der Waals surface area (Å²) in [6.45, 7) is 3.26. The van der Waals surface area contributed by atoms with Crippen molar-refractivity contribution in [2.75, 3.05) is 6.61 Å². The van der Waals surface area contributed by atoms with Gasteiger partial charge in [0.1, 0.15) is 52.4 Å². The third-order valence-electron chi connectivity index (χ3n) is 7.95. The Labute approximate surface area is 251 Å². The molecule has 3 N–H and O–H groups in total. The molecule has 0 bridgehead atoms. The number of nitrogens with two attached hydrogens (primary N) is 1. The van der Waals surface area contributed by atoms with Gasteiger partial charge in [0, 0.05) is 34.7 Å². The molecule has 11 heteroatoms. The molecule has 2 aromatic carbocycles. The Morgan fingerprint density at radius 1 is 1.14 bits per heavy atom. The summed E-state index contributed by atoms with van der Waals surface area (Å²) in [6.07, 6.45) is 4.57. The number of benzene rings is 2. The summed E-state index contributed by atoms with van der Waals surface area (Å²) in [5, 5.41) is 12.4. The van der Waals surface area contributed by atoms with Gasteiger partial charge >= 0.3 is 0 Å². The van der Waals surface area contributed by atoms with Crippen LogP contribution in [0.25, 0.3) is 22.2 Å². The van der Waals surface area contributed by atoms with Crippen molar-refractivity contribution in [3.63, 3.8) is 0 Å². The first kappa shape index (κ1) is 28.9. The van der Waals surface area contributed by atoms with Gasteiger partial charge in [-0.05, 0) is 68.8 Å². The highest BCUT2D eigenvalue weighted by atomic mass is 19.1. The molecular formula is C33H29FN4O6. The van der Waals surface area contributed by atoms with E-state index in [1.807, 2.05) is 6.07 Å². The highest BCUT2D eigenvalue weighted by Crippen LogP contribution is 2.46. The highest BCUT2D eigenvalue weighted by Gasteiger charge is 2.45. The Morgan fingerprint density at radius 3 is 2.66 bits per heavy atom. The maximum Gasteiger partial charge on any atom is 0.232 e. The molecule has 0 saturated carbocycles. The topological polar surface area (TPSA) is 151 Å². The average Bonchev–Trinajstić information content (AvgIpc) is 3.67. The monoisotopic (exact) mass is 596 g/mol. The van der Waals surface area contributed by atoms with Gasteiger partial charge in [-0.15, -0.1) is 0 Å². The van der Waals surface area contributed by atoms with Gasteiger partial charge in [-0.2, -0.15) is 0 Å². The number of ketones is 1. The van der Waals surface area contributed by atoms with E-state index >= 15 is 0 Å². The molecule has 2 atom stereocenters. The van der Waals surface area contributed by atoms with Gasteiger partial charge in [-0.1, -0.05) is 6.07 Å². The summed E-state index contributed by atoms with van der Waals surface area (Å²) in [5.74, 6) is -0.142. The summed E-state index contributed by atoms with van der Waals surface area (Å²) in [5.41, 5.74) is 5.52. The van der Waals surface area contributed by atoms with E-state index in [-0.39, 0.29) is 37.5 Å². The molecule has 1 aliphatic rings. The second kappa shape index (κ2) is 11.2. The lowest BCUT2D eigenvalue weighted by Crippen LogP contribution is -2.40. The Kier molecular flexibility index (Phi) is 7.34. The quantitative estimate of drug-likeness (QED) is 0.212. The Hall–Kier alpha value is -5.16. The van der Waals surface area contributed by atoms with E-state index in [9.17, 15) is 19.1 Å². The van der Waals surface area contributed by atoms with Crippen molar-refractivity contribution in [2.24, 2.45) is 5.73 Å². The lowest BCUT2D eigenvalue weighted by atomic mass is 9.81. The molecule has 10 nitrogen and oxygen atoms in total. The number of fused-ring (bicyclic) bond motifs is 2. The van der Waals surface area contributed by atoms with E-state index in [0.717, 1.165) is 0 Å². The van der Waals surface area contributed by atoms with Gasteiger partial charge in [0.05, 0.1) is 11.9 Å². The van der Waals surface area contributed by atoms with Crippen LogP contribution in [0.2, 0.25) is 0 Å². The lowest BCUT2D eigenvalue weighted by molar-refractivity contribution is -0.123. The van der Waals surface area contributed by atoms with Gasteiger partial charge in [0.25, 0.3) is 0 Å². The van der Waals surface area contributed by atoms with E-state index in [2.05, 4.69) is 9.97 Å². The van der Waals surface area contributed by atoms with E-state index in [0.29, 0.717) is 50.7 Å². The van der Waals surface area contributed by atoms with Gasteiger partial charge in [0.15, 0.2) is 12.4 Å². The molecule has 0 spiro atoms. The molecule has 6 rings (SSSR count). The number of aliphatic hydroxyl groups is 1. The van der Waals surface area contributed by atoms with Gasteiger partial charge in [0.2, 0.25) is 11.8 Å². The van der Waals surface area contributed by atoms with Crippen molar-refractivity contribution >= 4 is 22.6 Å². The number of aromatic nitrogens is 3. The van der Waals surface area contributed by atoms with Crippen LogP contribution in [0.5, 0.6) is 11.5 Å². The number of carbonyl (C=O) groups excluding carboxylic acids is 2. The zero-order valence-electron chi connectivity index (χ0n) is 24.0. The molecule has 0 saturated heterocycles. The van der Waals surface area contributed by atoms with E-state index in [4.69, 9.17) is 24.6 Å². The molecule has 0 fully saturated rings. The van der Waals surface area contributed by atoms with E-state index in [1.54, 1.807) is 56.4 Å². The number of hydrogen-bond acceptors (Lipinski definition) is 9. The zero-order chi connectivity index (χ0) is 31.1. The van der Waals surface area contributed by atoms with Crippen molar-refractivity contribution in [1.82, 2.24) is 15.0 Å². The van der Waals surface area contributed by atoms with Crippen molar-refractivity contribution < 1.29 is 33.0 Å². The fraction of sp³-hybridized carbons (Fsp3) is 0.242. The third-order valence-corrected chi connectivity index (χ3v) is 7.95. The number of primary amides is 1. The number of hydrogen-bond donors (Lipinski definition) is 2. The van der Waals surface area contributed by atoms with Crippen LogP contribution in [0, 0.1) is 5.82 Å². The highest BCUT2D eigenvalue weighted by molar-refractivity contribution is 6.01. The average molecular weight is 597 g/mol. The number of rotatable bonds is 10. The van der Waals surface area contributed by atoms with Crippen LogP contribution in [0.3, 0.4) is 0 Å². The minimum Gasteiger partial charge on any atom is -0.489 e. The molecule has 5 aromatic rings. The Bertz CT molecular complexity index is 1870. The van der Waals surface area contributed by atoms with Crippen LogP contribution < -0.4 is 15.2 Å². The first-order valence-electron chi connectivity index (χ1n) is 14.0. The number of carbonyl (C=O) groups is 2. The minimum atomic E-state index is -1.59.